The molecule has 0 radical (unpaired) electrons. The summed E-state index contributed by atoms with van der Waals surface area (Å²) < 4.78 is 2.11. The van der Waals surface area contributed by atoms with E-state index in [1.54, 1.807) is 21.6 Å². The molecular weight excluding hydrogens is 448 g/mol. The summed E-state index contributed by atoms with van der Waals surface area (Å²) in [5.74, 6) is 2.54. The maximum Gasteiger partial charge on any atom is 0.267 e. The highest BCUT2D eigenvalue weighted by Crippen LogP contribution is 2.34. The third-order valence-electron chi connectivity index (χ3n) is 5.44. The Morgan fingerprint density at radius 1 is 1.16 bits per heavy atom. The van der Waals surface area contributed by atoms with Crippen molar-refractivity contribution >= 4 is 63.5 Å². The summed E-state index contributed by atoms with van der Waals surface area (Å²) in [6, 6.07) is 5.52. The van der Waals surface area contributed by atoms with Gasteiger partial charge in [-0.25, -0.2) is 4.98 Å². The number of carbonyl (C=O) groups is 1. The third kappa shape index (κ3) is 4.83. The molecule has 2 aliphatic rings. The molecule has 0 saturated carbocycles. The Labute approximate surface area is 196 Å². The monoisotopic (exact) mass is 474 g/mol. The second-order valence-electron chi connectivity index (χ2n) is 7.58. The van der Waals surface area contributed by atoms with Crippen LogP contribution in [0, 0.1) is 0 Å². The zero-order chi connectivity index (χ0) is 21.8. The summed E-state index contributed by atoms with van der Waals surface area (Å²) in [5.41, 5.74) is 0.912. The molecular formula is C22H26N4O2S3. The van der Waals surface area contributed by atoms with Gasteiger partial charge in [-0.05, 0) is 24.6 Å². The Hall–Kier alpha value is -1.84. The fraction of sp³-hybridized carbons (Fsp3) is 0.455. The number of thioether (sulfide) groups is 2. The van der Waals surface area contributed by atoms with Gasteiger partial charge < -0.3 is 4.90 Å². The molecule has 0 unspecified atom stereocenters. The lowest BCUT2D eigenvalue weighted by Gasteiger charge is -2.28. The first-order valence-corrected chi connectivity index (χ1v) is 13.1. The minimum atomic E-state index is -0.160. The molecule has 0 spiro atoms. The highest BCUT2D eigenvalue weighted by atomic mass is 32.2. The Balaban J connectivity index is 1.70. The second-order valence-corrected chi connectivity index (χ2v) is 10.5. The molecule has 0 atom stereocenters. The zero-order valence-electron chi connectivity index (χ0n) is 17.6. The topological polar surface area (TPSA) is 57.9 Å². The van der Waals surface area contributed by atoms with Gasteiger partial charge in [0.05, 0.1) is 10.5 Å². The summed E-state index contributed by atoms with van der Waals surface area (Å²) in [4.78, 5) is 35.6. The molecule has 2 aromatic rings. The smallest absolute Gasteiger partial charge is 0.267 e. The number of amides is 1. The molecule has 31 heavy (non-hydrogen) atoms. The van der Waals surface area contributed by atoms with E-state index in [2.05, 4.69) is 11.8 Å². The molecule has 0 aromatic carbocycles. The fourth-order valence-electron chi connectivity index (χ4n) is 3.75. The maximum atomic E-state index is 13.4. The summed E-state index contributed by atoms with van der Waals surface area (Å²) in [6.07, 6.45) is 7.74. The van der Waals surface area contributed by atoms with Crippen molar-refractivity contribution in [1.29, 1.82) is 0 Å². The molecule has 0 aliphatic carbocycles. The number of hydrogen-bond acceptors (Lipinski definition) is 7. The summed E-state index contributed by atoms with van der Waals surface area (Å²) >= 11 is 8.65. The molecule has 164 valence electrons. The number of aromatic nitrogens is 2. The van der Waals surface area contributed by atoms with Gasteiger partial charge in [-0.2, -0.15) is 11.8 Å². The van der Waals surface area contributed by atoms with Crippen molar-refractivity contribution in [2.75, 3.05) is 36.0 Å². The Bertz CT molecular complexity index is 1080. The third-order valence-corrected chi connectivity index (χ3v) is 7.76. The van der Waals surface area contributed by atoms with E-state index in [1.807, 2.05) is 30.0 Å². The normalized spacial score (nSPS) is 18.5. The number of pyridine rings is 1. The highest BCUT2D eigenvalue weighted by Gasteiger charge is 2.32. The van der Waals surface area contributed by atoms with Gasteiger partial charge >= 0.3 is 0 Å². The van der Waals surface area contributed by atoms with Gasteiger partial charge in [-0.3, -0.25) is 18.9 Å². The van der Waals surface area contributed by atoms with Crippen molar-refractivity contribution in [1.82, 2.24) is 14.3 Å². The number of carbonyl (C=O) groups excluding carboxylic acids is 1. The molecule has 0 bridgehead atoms. The van der Waals surface area contributed by atoms with Crippen LogP contribution in [0.5, 0.6) is 0 Å². The fourth-order valence-corrected chi connectivity index (χ4v) is 5.95. The maximum absolute atomic E-state index is 13.4. The van der Waals surface area contributed by atoms with E-state index in [9.17, 15) is 9.59 Å². The van der Waals surface area contributed by atoms with E-state index in [1.165, 1.54) is 11.8 Å². The van der Waals surface area contributed by atoms with Gasteiger partial charge in [0.15, 0.2) is 0 Å². The largest absolute Gasteiger partial charge is 0.354 e. The lowest BCUT2D eigenvalue weighted by Crippen LogP contribution is -2.36. The molecule has 4 heterocycles. The van der Waals surface area contributed by atoms with Crippen LogP contribution in [0.2, 0.25) is 0 Å². The first kappa shape index (κ1) is 22.4. The van der Waals surface area contributed by atoms with Crippen LogP contribution >= 0.6 is 35.7 Å². The van der Waals surface area contributed by atoms with Crippen molar-refractivity contribution in [3.63, 3.8) is 0 Å². The van der Waals surface area contributed by atoms with Gasteiger partial charge in [0, 0.05) is 37.3 Å². The van der Waals surface area contributed by atoms with Crippen LogP contribution < -0.4 is 10.5 Å². The molecule has 4 rings (SSSR count). The van der Waals surface area contributed by atoms with Crippen LogP contribution in [0.3, 0.4) is 0 Å². The van der Waals surface area contributed by atoms with Crippen molar-refractivity contribution in [2.45, 2.75) is 32.6 Å². The molecule has 2 aliphatic heterocycles. The molecule has 2 fully saturated rings. The predicted molar refractivity (Wildman–Crippen MR) is 135 cm³/mol. The number of fused-ring (bicyclic) bond motifs is 1. The SMILES string of the molecule is CCCCCCN1C(=O)C(=Cc2c(N3CCSCC3)nc3ccccn3c2=O)SC1=S. The van der Waals surface area contributed by atoms with E-state index >= 15 is 0 Å². The van der Waals surface area contributed by atoms with E-state index in [-0.39, 0.29) is 11.5 Å². The Kier molecular flexibility index (Phi) is 7.35. The van der Waals surface area contributed by atoms with Gasteiger partial charge in [-0.15, -0.1) is 0 Å². The van der Waals surface area contributed by atoms with E-state index < -0.39 is 0 Å². The molecule has 1 amide bonds. The van der Waals surface area contributed by atoms with Crippen molar-refractivity contribution in [3.05, 3.63) is 45.2 Å². The van der Waals surface area contributed by atoms with E-state index in [0.29, 0.717) is 32.8 Å². The molecule has 0 N–H and O–H groups in total. The quantitative estimate of drug-likeness (QED) is 0.341. The number of anilines is 1. The van der Waals surface area contributed by atoms with Crippen LogP contribution in [0.25, 0.3) is 11.7 Å². The second kappa shape index (κ2) is 10.2. The first-order valence-electron chi connectivity index (χ1n) is 10.7. The van der Waals surface area contributed by atoms with E-state index in [4.69, 9.17) is 17.2 Å². The molecule has 9 heteroatoms. The number of thiocarbonyl (C=S) groups is 1. The van der Waals surface area contributed by atoms with Crippen LogP contribution in [0.15, 0.2) is 34.1 Å². The molecule has 2 aromatic heterocycles. The van der Waals surface area contributed by atoms with E-state index in [0.717, 1.165) is 50.3 Å². The lowest BCUT2D eigenvalue weighted by molar-refractivity contribution is -0.122. The average Bonchev–Trinajstić information content (AvgIpc) is 3.06. The molecule has 6 nitrogen and oxygen atoms in total. The Morgan fingerprint density at radius 2 is 1.97 bits per heavy atom. The van der Waals surface area contributed by atoms with Crippen LogP contribution in [-0.2, 0) is 4.79 Å². The van der Waals surface area contributed by atoms with Crippen molar-refractivity contribution in [2.24, 2.45) is 0 Å². The summed E-state index contributed by atoms with van der Waals surface area (Å²) in [7, 11) is 0. The van der Waals surface area contributed by atoms with Crippen molar-refractivity contribution < 1.29 is 4.79 Å². The summed E-state index contributed by atoms with van der Waals surface area (Å²) in [5, 5.41) is 0. The minimum absolute atomic E-state index is 0.107. The van der Waals surface area contributed by atoms with Gasteiger partial charge in [0.1, 0.15) is 15.8 Å². The van der Waals surface area contributed by atoms with Gasteiger partial charge in [0.2, 0.25) is 0 Å². The molecule has 2 saturated heterocycles. The van der Waals surface area contributed by atoms with Gasteiger partial charge in [0.25, 0.3) is 11.5 Å². The van der Waals surface area contributed by atoms with Crippen LogP contribution in [0.4, 0.5) is 5.82 Å². The minimum Gasteiger partial charge on any atom is -0.354 e. The van der Waals surface area contributed by atoms with Crippen LogP contribution in [-0.4, -0.2) is 55.7 Å². The zero-order valence-corrected chi connectivity index (χ0v) is 20.0. The standard InChI is InChI=1S/C22H26N4O2S3/c1-2-3-4-6-10-26-21(28)17(31-22(26)29)15-16-19(24-11-13-30-14-12-24)23-18-8-5-7-9-25(18)20(16)27/h5,7-9,15H,2-4,6,10-14H2,1H3. The Morgan fingerprint density at radius 3 is 2.74 bits per heavy atom. The van der Waals surface area contributed by atoms with Crippen molar-refractivity contribution in [3.8, 4) is 0 Å². The number of hydrogen-bond donors (Lipinski definition) is 0. The lowest BCUT2D eigenvalue weighted by atomic mass is 10.2. The number of nitrogens with zero attached hydrogens (tertiary/aromatic N) is 4. The highest BCUT2D eigenvalue weighted by molar-refractivity contribution is 8.26. The number of unbranched alkanes of at least 4 members (excludes halogenated alkanes) is 3. The summed E-state index contributed by atoms with van der Waals surface area (Å²) in [6.45, 7) is 4.46. The first-order chi connectivity index (χ1) is 15.1. The number of rotatable bonds is 7. The predicted octanol–water partition coefficient (Wildman–Crippen LogP) is 4.03. The average molecular weight is 475 g/mol. The van der Waals surface area contributed by atoms with Crippen LogP contribution in [0.1, 0.15) is 38.2 Å². The van der Waals surface area contributed by atoms with Gasteiger partial charge in [-0.1, -0.05) is 56.2 Å².